The Hall–Kier alpha value is -1.32. The van der Waals surface area contributed by atoms with Crippen LogP contribution in [0.3, 0.4) is 0 Å². The Morgan fingerprint density at radius 3 is 2.56 bits per heavy atom. The molecule has 4 heteroatoms. The number of rotatable bonds is 9. The van der Waals surface area contributed by atoms with Crippen LogP contribution in [-0.2, 0) is 14.3 Å². The Kier molecular flexibility index (Phi) is 9.06. The van der Waals surface area contributed by atoms with Gasteiger partial charge in [-0.1, -0.05) is 43.8 Å². The zero-order valence-electron chi connectivity index (χ0n) is 15.9. The molecule has 0 atom stereocenters. The smallest absolute Gasteiger partial charge is 0.307 e. The summed E-state index contributed by atoms with van der Waals surface area (Å²) in [7, 11) is 1.41. The van der Waals surface area contributed by atoms with E-state index in [2.05, 4.69) is 6.08 Å². The quantitative estimate of drug-likeness (QED) is 0.450. The number of ether oxygens (including phenoxy) is 1. The molecule has 2 aliphatic rings. The lowest BCUT2D eigenvalue weighted by molar-refractivity contribution is -0.141. The topological polar surface area (TPSA) is 46.6 Å². The normalized spacial score (nSPS) is 18.5. The van der Waals surface area contributed by atoms with E-state index in [1.807, 2.05) is 4.90 Å². The van der Waals surface area contributed by atoms with Crippen molar-refractivity contribution in [2.24, 2.45) is 5.92 Å². The SMILES string of the molecule is COC(=O)CCN(CCC1=CCCCC1)C(=O)CCC1CCCCC1. The lowest BCUT2D eigenvalue weighted by Crippen LogP contribution is -2.34. The molecule has 0 N–H and O–H groups in total. The summed E-state index contributed by atoms with van der Waals surface area (Å²) in [5.41, 5.74) is 1.48. The van der Waals surface area contributed by atoms with Crippen molar-refractivity contribution in [3.05, 3.63) is 11.6 Å². The number of methoxy groups -OCH3 is 1. The van der Waals surface area contributed by atoms with Crippen molar-refractivity contribution in [1.82, 2.24) is 4.90 Å². The number of carbonyl (C=O) groups is 2. The van der Waals surface area contributed by atoms with Crippen LogP contribution in [-0.4, -0.2) is 37.0 Å². The first kappa shape index (κ1) is 20.0. The zero-order valence-corrected chi connectivity index (χ0v) is 15.9. The second kappa shape index (κ2) is 11.3. The predicted molar refractivity (Wildman–Crippen MR) is 100 cm³/mol. The number of nitrogens with zero attached hydrogens (tertiary/aromatic N) is 1. The molecule has 0 spiro atoms. The van der Waals surface area contributed by atoms with Crippen LogP contribution in [0.2, 0.25) is 0 Å². The van der Waals surface area contributed by atoms with Gasteiger partial charge in [0.1, 0.15) is 0 Å². The average Bonchev–Trinajstić information content (AvgIpc) is 2.67. The van der Waals surface area contributed by atoms with Gasteiger partial charge in [-0.25, -0.2) is 0 Å². The standard InChI is InChI=1S/C21H35NO3/c1-25-21(24)15-17-22(16-14-19-10-6-3-7-11-19)20(23)13-12-18-8-4-2-5-9-18/h10,18H,2-9,11-17H2,1H3. The highest BCUT2D eigenvalue weighted by Gasteiger charge is 2.19. The van der Waals surface area contributed by atoms with Gasteiger partial charge in [0.05, 0.1) is 13.5 Å². The van der Waals surface area contributed by atoms with E-state index < -0.39 is 0 Å². The van der Waals surface area contributed by atoms with Gasteiger partial charge >= 0.3 is 5.97 Å². The van der Waals surface area contributed by atoms with Gasteiger partial charge in [0.25, 0.3) is 0 Å². The van der Waals surface area contributed by atoms with Crippen molar-refractivity contribution >= 4 is 11.9 Å². The van der Waals surface area contributed by atoms with E-state index in [9.17, 15) is 9.59 Å². The molecule has 0 bridgehead atoms. The molecule has 2 aliphatic carbocycles. The summed E-state index contributed by atoms with van der Waals surface area (Å²) >= 11 is 0. The summed E-state index contributed by atoms with van der Waals surface area (Å²) in [4.78, 5) is 26.1. The molecule has 1 saturated carbocycles. The second-order valence-electron chi connectivity index (χ2n) is 7.61. The molecule has 4 nitrogen and oxygen atoms in total. The summed E-state index contributed by atoms with van der Waals surface area (Å²) in [6.07, 6.45) is 16.7. The second-order valence-corrected chi connectivity index (χ2v) is 7.61. The summed E-state index contributed by atoms with van der Waals surface area (Å²) in [5, 5.41) is 0. The zero-order chi connectivity index (χ0) is 17.9. The molecule has 1 amide bonds. The van der Waals surface area contributed by atoms with Crippen LogP contribution in [0.4, 0.5) is 0 Å². The molecule has 0 aromatic rings. The van der Waals surface area contributed by atoms with Crippen LogP contribution in [0, 0.1) is 5.92 Å². The highest BCUT2D eigenvalue weighted by molar-refractivity contribution is 5.77. The van der Waals surface area contributed by atoms with Crippen molar-refractivity contribution in [3.63, 3.8) is 0 Å². The summed E-state index contributed by atoms with van der Waals surface area (Å²) in [6.45, 7) is 1.23. The minimum Gasteiger partial charge on any atom is -0.469 e. The summed E-state index contributed by atoms with van der Waals surface area (Å²) in [6, 6.07) is 0. The van der Waals surface area contributed by atoms with Gasteiger partial charge in [0.15, 0.2) is 0 Å². The predicted octanol–water partition coefficient (Wildman–Crippen LogP) is 4.63. The minimum atomic E-state index is -0.234. The van der Waals surface area contributed by atoms with Gasteiger partial charge in [-0.15, -0.1) is 0 Å². The first-order chi connectivity index (χ1) is 12.2. The molecule has 0 heterocycles. The molecular weight excluding hydrogens is 314 g/mol. The maximum atomic E-state index is 12.7. The fourth-order valence-corrected chi connectivity index (χ4v) is 4.06. The molecule has 0 aromatic carbocycles. The van der Waals surface area contributed by atoms with Crippen molar-refractivity contribution in [2.45, 2.75) is 83.5 Å². The molecule has 0 saturated heterocycles. The summed E-state index contributed by atoms with van der Waals surface area (Å²) in [5.74, 6) is 0.703. The Morgan fingerprint density at radius 1 is 1.08 bits per heavy atom. The first-order valence-corrected chi connectivity index (χ1v) is 10.2. The van der Waals surface area contributed by atoms with Crippen LogP contribution in [0.5, 0.6) is 0 Å². The van der Waals surface area contributed by atoms with Crippen LogP contribution in [0.15, 0.2) is 11.6 Å². The van der Waals surface area contributed by atoms with Crippen molar-refractivity contribution < 1.29 is 14.3 Å². The fraction of sp³-hybridized carbons (Fsp3) is 0.810. The Morgan fingerprint density at radius 2 is 1.88 bits per heavy atom. The first-order valence-electron chi connectivity index (χ1n) is 10.2. The molecule has 25 heavy (non-hydrogen) atoms. The van der Waals surface area contributed by atoms with E-state index in [0.29, 0.717) is 19.4 Å². The van der Waals surface area contributed by atoms with Crippen molar-refractivity contribution in [1.29, 1.82) is 0 Å². The van der Waals surface area contributed by atoms with Crippen LogP contribution in [0.1, 0.15) is 83.5 Å². The fourth-order valence-electron chi connectivity index (χ4n) is 4.06. The molecule has 0 aromatic heterocycles. The third kappa shape index (κ3) is 7.62. The largest absolute Gasteiger partial charge is 0.469 e. The molecule has 0 unspecified atom stereocenters. The van der Waals surface area contributed by atoms with Gasteiger partial charge in [-0.2, -0.15) is 0 Å². The van der Waals surface area contributed by atoms with E-state index in [-0.39, 0.29) is 11.9 Å². The number of carbonyl (C=O) groups excluding carboxylic acids is 2. The van der Waals surface area contributed by atoms with E-state index >= 15 is 0 Å². The molecule has 0 aliphatic heterocycles. The number of amides is 1. The third-order valence-electron chi connectivity index (χ3n) is 5.75. The maximum absolute atomic E-state index is 12.7. The molecular formula is C21H35NO3. The number of allylic oxidation sites excluding steroid dienone is 1. The lowest BCUT2D eigenvalue weighted by Gasteiger charge is -2.26. The monoisotopic (exact) mass is 349 g/mol. The Bertz CT molecular complexity index is 452. The number of hydrogen-bond acceptors (Lipinski definition) is 3. The number of esters is 1. The van der Waals surface area contributed by atoms with Gasteiger partial charge in [0.2, 0.25) is 5.91 Å². The highest BCUT2D eigenvalue weighted by atomic mass is 16.5. The maximum Gasteiger partial charge on any atom is 0.307 e. The van der Waals surface area contributed by atoms with Crippen LogP contribution >= 0.6 is 0 Å². The third-order valence-corrected chi connectivity index (χ3v) is 5.75. The Labute approximate surface area is 153 Å². The van der Waals surface area contributed by atoms with Gasteiger partial charge in [-0.3, -0.25) is 9.59 Å². The lowest BCUT2D eigenvalue weighted by atomic mass is 9.86. The Balaban J connectivity index is 1.81. The van der Waals surface area contributed by atoms with E-state index in [1.165, 1.54) is 70.5 Å². The molecule has 142 valence electrons. The molecule has 1 fully saturated rings. The average molecular weight is 350 g/mol. The van der Waals surface area contributed by atoms with E-state index in [1.54, 1.807) is 0 Å². The molecule has 2 rings (SSSR count). The molecule has 0 radical (unpaired) electrons. The summed E-state index contributed by atoms with van der Waals surface area (Å²) < 4.78 is 4.74. The van der Waals surface area contributed by atoms with Crippen LogP contribution in [0.25, 0.3) is 0 Å². The minimum absolute atomic E-state index is 0.214. The van der Waals surface area contributed by atoms with Gasteiger partial charge in [0, 0.05) is 19.5 Å². The highest BCUT2D eigenvalue weighted by Crippen LogP contribution is 2.27. The van der Waals surface area contributed by atoms with Crippen molar-refractivity contribution in [3.8, 4) is 0 Å². The van der Waals surface area contributed by atoms with Gasteiger partial charge < -0.3 is 9.64 Å². The van der Waals surface area contributed by atoms with E-state index in [0.717, 1.165) is 25.3 Å². The van der Waals surface area contributed by atoms with Crippen LogP contribution < -0.4 is 0 Å². The van der Waals surface area contributed by atoms with Gasteiger partial charge in [-0.05, 0) is 44.4 Å². The number of hydrogen-bond donors (Lipinski definition) is 0. The van der Waals surface area contributed by atoms with Crippen molar-refractivity contribution in [2.75, 3.05) is 20.2 Å². The van der Waals surface area contributed by atoms with E-state index in [4.69, 9.17) is 4.74 Å².